The van der Waals surface area contributed by atoms with Crippen molar-refractivity contribution in [1.82, 2.24) is 15.1 Å². The van der Waals surface area contributed by atoms with Crippen LogP contribution in [-0.4, -0.2) is 28.8 Å². The second-order valence-corrected chi connectivity index (χ2v) is 12.0. The summed E-state index contributed by atoms with van der Waals surface area (Å²) in [6, 6.07) is 16.2. The van der Waals surface area contributed by atoms with E-state index in [1.165, 1.54) is 18.4 Å². The van der Waals surface area contributed by atoms with E-state index in [2.05, 4.69) is 57.3 Å². The summed E-state index contributed by atoms with van der Waals surface area (Å²) in [6.07, 6.45) is 3.58. The van der Waals surface area contributed by atoms with E-state index in [0.29, 0.717) is 29.8 Å². The maximum absolute atomic E-state index is 13.9. The van der Waals surface area contributed by atoms with Gasteiger partial charge in [-0.2, -0.15) is 5.10 Å². The van der Waals surface area contributed by atoms with Crippen molar-refractivity contribution in [1.29, 1.82) is 0 Å². The minimum absolute atomic E-state index is 0.0630. The third kappa shape index (κ3) is 4.37. The van der Waals surface area contributed by atoms with Crippen LogP contribution in [-0.2, 0) is 17.9 Å². The van der Waals surface area contributed by atoms with Gasteiger partial charge in [-0.25, -0.2) is 0 Å². The van der Waals surface area contributed by atoms with Crippen molar-refractivity contribution in [3.8, 4) is 11.3 Å². The second-order valence-electron chi connectivity index (χ2n) is 11.6. The van der Waals surface area contributed by atoms with Crippen LogP contribution in [0.25, 0.3) is 11.3 Å². The molecular formula is C30H36ClN3O2. The Balaban J connectivity index is 1.56. The highest BCUT2D eigenvalue weighted by Gasteiger charge is 2.59. The zero-order valence-corrected chi connectivity index (χ0v) is 22.7. The fourth-order valence-electron chi connectivity index (χ4n) is 6.74. The molecule has 6 heteroatoms. The van der Waals surface area contributed by atoms with Gasteiger partial charge in [-0.15, -0.1) is 0 Å². The van der Waals surface area contributed by atoms with Crippen LogP contribution in [0.4, 0.5) is 0 Å². The molecular weight excluding hydrogens is 470 g/mol. The number of halogens is 1. The number of aryl methyl sites for hydroxylation is 1. The second kappa shape index (κ2) is 9.35. The van der Waals surface area contributed by atoms with Crippen LogP contribution in [0.2, 0.25) is 5.02 Å². The molecule has 1 aromatic heterocycles. The highest BCUT2D eigenvalue weighted by molar-refractivity contribution is 6.30. The maximum Gasteiger partial charge on any atom is 0.272 e. The fourth-order valence-corrected chi connectivity index (χ4v) is 6.86. The van der Waals surface area contributed by atoms with Gasteiger partial charge in [-0.05, 0) is 60.6 Å². The fraction of sp³-hybridized carbons (Fsp3) is 0.467. The maximum atomic E-state index is 13.9. The normalized spacial score (nSPS) is 24.3. The first kappa shape index (κ1) is 25.0. The van der Waals surface area contributed by atoms with Crippen molar-refractivity contribution < 1.29 is 9.53 Å². The summed E-state index contributed by atoms with van der Waals surface area (Å²) in [5.41, 5.74) is 5.61. The van der Waals surface area contributed by atoms with E-state index >= 15 is 0 Å². The lowest BCUT2D eigenvalue weighted by molar-refractivity contribution is 0.0729. The number of carbonyl (C=O) groups excluding carboxylic acids is 1. The molecule has 1 N–H and O–H groups in total. The molecule has 36 heavy (non-hydrogen) atoms. The molecule has 190 valence electrons. The van der Waals surface area contributed by atoms with Crippen molar-refractivity contribution in [3.63, 3.8) is 0 Å². The summed E-state index contributed by atoms with van der Waals surface area (Å²) in [6.45, 7) is 9.86. The average Bonchev–Trinajstić information content (AvgIpc) is 3.46. The Kier molecular flexibility index (Phi) is 6.50. The Morgan fingerprint density at radius 2 is 1.83 bits per heavy atom. The monoisotopic (exact) mass is 505 g/mol. The Hall–Kier alpha value is -2.63. The molecule has 2 fully saturated rings. The van der Waals surface area contributed by atoms with Gasteiger partial charge in [0.2, 0.25) is 0 Å². The Labute approximate surface area is 219 Å². The summed E-state index contributed by atoms with van der Waals surface area (Å²) in [5.74, 6) is 0.529. The lowest BCUT2D eigenvalue weighted by Gasteiger charge is -2.43. The van der Waals surface area contributed by atoms with Crippen LogP contribution in [0, 0.1) is 23.7 Å². The summed E-state index contributed by atoms with van der Waals surface area (Å²) in [7, 11) is 1.66. The largest absolute Gasteiger partial charge is 0.380 e. The first-order valence-corrected chi connectivity index (χ1v) is 13.2. The lowest BCUT2D eigenvalue weighted by Crippen LogP contribution is -2.52. The van der Waals surface area contributed by atoms with E-state index in [9.17, 15) is 4.79 Å². The number of ether oxygens (including phenoxy) is 1. The molecule has 0 saturated heterocycles. The molecule has 5 rings (SSSR count). The lowest BCUT2D eigenvalue weighted by atomic mass is 9.68. The Bertz CT molecular complexity index is 1260. The predicted octanol–water partition coefficient (Wildman–Crippen LogP) is 6.65. The van der Waals surface area contributed by atoms with Crippen molar-refractivity contribution in [2.75, 3.05) is 7.11 Å². The summed E-state index contributed by atoms with van der Waals surface area (Å²) in [5, 5.41) is 9.02. The molecule has 1 heterocycles. The van der Waals surface area contributed by atoms with Crippen molar-refractivity contribution in [2.24, 2.45) is 16.7 Å². The first-order valence-electron chi connectivity index (χ1n) is 12.8. The van der Waals surface area contributed by atoms with E-state index in [0.717, 1.165) is 28.8 Å². The van der Waals surface area contributed by atoms with Gasteiger partial charge in [0, 0.05) is 29.3 Å². The van der Waals surface area contributed by atoms with Gasteiger partial charge in [0.05, 0.1) is 18.8 Å². The van der Waals surface area contributed by atoms with Gasteiger partial charge >= 0.3 is 0 Å². The highest BCUT2D eigenvalue weighted by Crippen LogP contribution is 2.62. The molecule has 2 saturated carbocycles. The number of methoxy groups -OCH3 is 1. The number of rotatable bonds is 7. The molecule has 5 nitrogen and oxygen atoms in total. The quantitative estimate of drug-likeness (QED) is 0.391. The number of hydrogen-bond donors (Lipinski definition) is 1. The third-order valence-corrected chi connectivity index (χ3v) is 8.92. The molecule has 1 amide bonds. The van der Waals surface area contributed by atoms with E-state index in [1.807, 2.05) is 28.9 Å². The summed E-state index contributed by atoms with van der Waals surface area (Å²) < 4.78 is 7.54. The van der Waals surface area contributed by atoms with E-state index in [4.69, 9.17) is 21.4 Å². The van der Waals surface area contributed by atoms with E-state index in [-0.39, 0.29) is 22.8 Å². The number of nitrogens with one attached hydrogen (secondary N) is 1. The van der Waals surface area contributed by atoms with Crippen LogP contribution in [0.1, 0.15) is 67.2 Å². The van der Waals surface area contributed by atoms with Gasteiger partial charge in [0.15, 0.2) is 5.69 Å². The average molecular weight is 506 g/mol. The van der Waals surface area contributed by atoms with Crippen LogP contribution >= 0.6 is 11.6 Å². The van der Waals surface area contributed by atoms with Crippen LogP contribution < -0.4 is 5.32 Å². The molecule has 3 unspecified atom stereocenters. The Morgan fingerprint density at radius 1 is 1.14 bits per heavy atom. The van der Waals surface area contributed by atoms with E-state index in [1.54, 1.807) is 7.11 Å². The van der Waals surface area contributed by atoms with Gasteiger partial charge in [0.1, 0.15) is 0 Å². The third-order valence-electron chi connectivity index (χ3n) is 8.67. The molecule has 2 bridgehead atoms. The van der Waals surface area contributed by atoms with Crippen molar-refractivity contribution >= 4 is 17.5 Å². The smallest absolute Gasteiger partial charge is 0.272 e. The van der Waals surface area contributed by atoms with Crippen molar-refractivity contribution in [3.05, 3.63) is 75.9 Å². The van der Waals surface area contributed by atoms with Gasteiger partial charge < -0.3 is 10.1 Å². The highest BCUT2D eigenvalue weighted by atomic mass is 35.5. The number of benzene rings is 2. The molecule has 2 aromatic carbocycles. The predicted molar refractivity (Wildman–Crippen MR) is 144 cm³/mol. The van der Waals surface area contributed by atoms with Gasteiger partial charge in [-0.1, -0.05) is 74.3 Å². The molecule has 3 aromatic rings. The number of carbonyl (C=O) groups is 1. The summed E-state index contributed by atoms with van der Waals surface area (Å²) >= 11 is 6.19. The number of hydrogen-bond acceptors (Lipinski definition) is 3. The van der Waals surface area contributed by atoms with Gasteiger partial charge in [0.25, 0.3) is 5.91 Å². The minimum Gasteiger partial charge on any atom is -0.380 e. The number of fused-ring (bicyclic) bond motifs is 2. The molecule has 2 aliphatic carbocycles. The SMILES string of the molecule is COCc1c(C(=O)NC2C3(C)CCC(C3)C2(C)C)nn(Cc2ccc(C)cc2)c1-c1ccc(Cl)cc1. The van der Waals surface area contributed by atoms with Crippen molar-refractivity contribution in [2.45, 2.75) is 66.2 Å². The topological polar surface area (TPSA) is 56.1 Å². The minimum atomic E-state index is -0.119. The number of amides is 1. The van der Waals surface area contributed by atoms with E-state index < -0.39 is 0 Å². The van der Waals surface area contributed by atoms with Crippen LogP contribution in [0.15, 0.2) is 48.5 Å². The summed E-state index contributed by atoms with van der Waals surface area (Å²) in [4.78, 5) is 13.9. The first-order chi connectivity index (χ1) is 17.1. The standard InChI is InChI=1S/C30H36ClN3O2/c1-19-6-8-20(9-7-19)17-34-26(21-10-12-23(31)13-11-21)24(18-36-5)25(33-34)27(35)32-28-29(2,3)22-14-15-30(28,4)16-22/h6-13,22,28H,14-18H2,1-5H3,(H,32,35). The zero-order chi connectivity index (χ0) is 25.7. The molecule has 0 aliphatic heterocycles. The number of nitrogens with zero attached hydrogens (tertiary/aromatic N) is 2. The Morgan fingerprint density at radius 3 is 2.44 bits per heavy atom. The molecule has 0 radical (unpaired) electrons. The van der Waals surface area contributed by atoms with Gasteiger partial charge in [-0.3, -0.25) is 9.48 Å². The molecule has 3 atom stereocenters. The number of aromatic nitrogens is 2. The van der Waals surface area contributed by atoms with Crippen LogP contribution in [0.3, 0.4) is 0 Å². The molecule has 0 spiro atoms. The van der Waals surface area contributed by atoms with Crippen LogP contribution in [0.5, 0.6) is 0 Å². The molecule has 2 aliphatic rings. The zero-order valence-electron chi connectivity index (χ0n) is 21.9.